The Balaban J connectivity index is 1.53. The van der Waals surface area contributed by atoms with Gasteiger partial charge in [-0.05, 0) is 48.5 Å². The molecule has 0 unspecified atom stereocenters. The summed E-state index contributed by atoms with van der Waals surface area (Å²) in [6.45, 7) is -0.00269. The number of rotatable bonds is 9. The number of carbonyl (C=O) groups excluding carboxylic acids is 2. The first-order valence-electron chi connectivity index (χ1n) is 11.2. The van der Waals surface area contributed by atoms with Crippen LogP contribution in [0, 0.1) is 0 Å². The van der Waals surface area contributed by atoms with Crippen molar-refractivity contribution in [1.29, 1.82) is 0 Å². The quantitative estimate of drug-likeness (QED) is 0.338. The predicted octanol–water partition coefficient (Wildman–Crippen LogP) is 3.72. The molecule has 0 aliphatic carbocycles. The molecule has 1 N–H and O–H groups in total. The normalized spacial score (nSPS) is 11.8. The molecule has 182 valence electrons. The van der Waals surface area contributed by atoms with Crippen molar-refractivity contribution < 1.29 is 23.2 Å². The summed E-state index contributed by atoms with van der Waals surface area (Å²) in [5.74, 6) is 0.571. The number of hydrogen-bond acceptors (Lipinski definition) is 7. The summed E-state index contributed by atoms with van der Waals surface area (Å²) in [7, 11) is 1.53. The van der Waals surface area contributed by atoms with E-state index < -0.39 is 17.9 Å². The lowest BCUT2D eigenvalue weighted by atomic mass is 10.1. The van der Waals surface area contributed by atoms with Gasteiger partial charge in [0.05, 0.1) is 31.7 Å². The van der Waals surface area contributed by atoms with E-state index in [4.69, 9.17) is 13.6 Å². The number of hydrogen-bond donors (Lipinski definition) is 1. The van der Waals surface area contributed by atoms with Gasteiger partial charge in [0.1, 0.15) is 29.3 Å². The van der Waals surface area contributed by atoms with Crippen LogP contribution in [0.15, 0.2) is 94.2 Å². The molecule has 0 aliphatic rings. The first kappa shape index (κ1) is 22.9. The Hall–Kier alpha value is -4.86. The SMILES string of the molecule is COc1cccc(N(C(=O)Cn2nnc3ccccc32)[C@H](C(=O)NCc2ccco2)c2ccco2)c1. The molecule has 3 aromatic heterocycles. The van der Waals surface area contributed by atoms with Crippen molar-refractivity contribution in [2.24, 2.45) is 0 Å². The Morgan fingerprint density at radius 3 is 2.64 bits per heavy atom. The topological polar surface area (TPSA) is 116 Å². The Labute approximate surface area is 206 Å². The highest BCUT2D eigenvalue weighted by Crippen LogP contribution is 2.31. The maximum atomic E-state index is 13.9. The highest BCUT2D eigenvalue weighted by molar-refractivity contribution is 6.01. The lowest BCUT2D eigenvalue weighted by Gasteiger charge is -2.30. The first-order valence-corrected chi connectivity index (χ1v) is 11.2. The van der Waals surface area contributed by atoms with Gasteiger partial charge in [0.25, 0.3) is 5.91 Å². The molecule has 0 aliphatic heterocycles. The average molecular weight is 486 g/mol. The molecule has 5 rings (SSSR count). The third-order valence-corrected chi connectivity index (χ3v) is 5.64. The van der Waals surface area contributed by atoms with Crippen LogP contribution in [0.2, 0.25) is 0 Å². The van der Waals surface area contributed by atoms with E-state index in [0.717, 1.165) is 0 Å². The van der Waals surface area contributed by atoms with Crippen LogP contribution in [0.3, 0.4) is 0 Å². The van der Waals surface area contributed by atoms with Crippen LogP contribution in [0.5, 0.6) is 5.75 Å². The Morgan fingerprint density at radius 2 is 1.86 bits per heavy atom. The van der Waals surface area contributed by atoms with Crippen LogP contribution in [0.1, 0.15) is 17.6 Å². The summed E-state index contributed by atoms with van der Waals surface area (Å²) >= 11 is 0. The number of amides is 2. The molecule has 10 nitrogen and oxygen atoms in total. The smallest absolute Gasteiger partial charge is 0.251 e. The number of anilines is 1. The van der Waals surface area contributed by atoms with Gasteiger partial charge in [-0.25, -0.2) is 4.68 Å². The molecular weight excluding hydrogens is 462 g/mol. The van der Waals surface area contributed by atoms with E-state index in [-0.39, 0.29) is 13.1 Å². The lowest BCUT2D eigenvalue weighted by molar-refractivity contribution is -0.127. The molecule has 0 bridgehead atoms. The second-order valence-electron chi connectivity index (χ2n) is 7.92. The Morgan fingerprint density at radius 1 is 1.03 bits per heavy atom. The second-order valence-corrected chi connectivity index (χ2v) is 7.92. The molecule has 1 atom stereocenters. The van der Waals surface area contributed by atoms with Crippen molar-refractivity contribution in [3.8, 4) is 5.75 Å². The van der Waals surface area contributed by atoms with Crippen molar-refractivity contribution in [3.63, 3.8) is 0 Å². The van der Waals surface area contributed by atoms with E-state index >= 15 is 0 Å². The standard InChI is InChI=1S/C26H23N5O5/c1-34-19-8-4-7-18(15-19)31(24(32)17-30-22-11-3-2-10-21(22)28-29-30)25(23-12-6-14-36-23)26(33)27-16-20-9-5-13-35-20/h2-15,25H,16-17H2,1H3,(H,27,33)/t25-/m0/s1. The second kappa shape index (κ2) is 10.2. The number of aromatic nitrogens is 3. The van der Waals surface area contributed by atoms with Gasteiger partial charge in [-0.3, -0.25) is 14.5 Å². The molecule has 0 spiro atoms. The van der Waals surface area contributed by atoms with Gasteiger partial charge in [-0.2, -0.15) is 0 Å². The highest BCUT2D eigenvalue weighted by Gasteiger charge is 2.35. The monoisotopic (exact) mass is 485 g/mol. The fourth-order valence-corrected chi connectivity index (χ4v) is 3.94. The Bertz CT molecular complexity index is 1460. The molecule has 10 heteroatoms. The van der Waals surface area contributed by atoms with Gasteiger partial charge in [-0.1, -0.05) is 23.4 Å². The van der Waals surface area contributed by atoms with E-state index in [2.05, 4.69) is 15.6 Å². The number of fused-ring (bicyclic) bond motifs is 1. The summed E-state index contributed by atoms with van der Waals surface area (Å²) in [5.41, 5.74) is 1.82. The van der Waals surface area contributed by atoms with Gasteiger partial charge >= 0.3 is 0 Å². The number of para-hydroxylation sites is 1. The van der Waals surface area contributed by atoms with Crippen molar-refractivity contribution >= 4 is 28.5 Å². The van der Waals surface area contributed by atoms with Crippen LogP contribution in [0.4, 0.5) is 5.69 Å². The van der Waals surface area contributed by atoms with Crippen LogP contribution < -0.4 is 15.0 Å². The largest absolute Gasteiger partial charge is 0.497 e. The van der Waals surface area contributed by atoms with Crippen LogP contribution >= 0.6 is 0 Å². The number of methoxy groups -OCH3 is 1. The van der Waals surface area contributed by atoms with Gasteiger partial charge in [0.15, 0.2) is 6.04 Å². The number of nitrogens with one attached hydrogen (secondary N) is 1. The van der Waals surface area contributed by atoms with E-state index in [1.807, 2.05) is 24.3 Å². The van der Waals surface area contributed by atoms with Gasteiger partial charge < -0.3 is 18.9 Å². The molecule has 0 saturated carbocycles. The van der Waals surface area contributed by atoms with E-state index in [1.165, 1.54) is 29.2 Å². The van der Waals surface area contributed by atoms with E-state index in [0.29, 0.717) is 34.0 Å². The summed E-state index contributed by atoms with van der Waals surface area (Å²) in [6, 6.07) is 20.0. The average Bonchev–Trinajstić information content (AvgIpc) is 3.69. The number of ether oxygens (including phenoxy) is 1. The Kier molecular flexibility index (Phi) is 6.48. The molecule has 2 amide bonds. The van der Waals surface area contributed by atoms with Gasteiger partial charge in [-0.15, -0.1) is 5.10 Å². The van der Waals surface area contributed by atoms with Crippen LogP contribution in [-0.2, 0) is 22.7 Å². The fourth-order valence-electron chi connectivity index (χ4n) is 3.94. The fraction of sp³-hybridized carbons (Fsp3) is 0.154. The van der Waals surface area contributed by atoms with Crippen molar-refractivity contribution in [1.82, 2.24) is 20.3 Å². The third-order valence-electron chi connectivity index (χ3n) is 5.64. The number of nitrogens with zero attached hydrogens (tertiary/aromatic N) is 4. The third kappa shape index (κ3) is 4.69. The molecule has 2 aromatic carbocycles. The molecule has 5 aromatic rings. The number of carbonyl (C=O) groups is 2. The summed E-state index contributed by atoms with van der Waals surface area (Å²) in [6.07, 6.45) is 2.99. The van der Waals surface area contributed by atoms with Crippen LogP contribution in [0.25, 0.3) is 11.0 Å². The lowest BCUT2D eigenvalue weighted by Crippen LogP contribution is -2.45. The molecule has 0 saturated heterocycles. The molecule has 36 heavy (non-hydrogen) atoms. The summed E-state index contributed by atoms with van der Waals surface area (Å²) in [5, 5.41) is 11.1. The zero-order valence-corrected chi connectivity index (χ0v) is 19.4. The minimum Gasteiger partial charge on any atom is -0.497 e. The zero-order chi connectivity index (χ0) is 24.9. The van der Waals surface area contributed by atoms with E-state index in [1.54, 1.807) is 48.5 Å². The summed E-state index contributed by atoms with van der Waals surface area (Å²) < 4.78 is 17.8. The number of benzene rings is 2. The van der Waals surface area contributed by atoms with Gasteiger partial charge in [0.2, 0.25) is 5.91 Å². The maximum absolute atomic E-state index is 13.9. The molecule has 0 fully saturated rings. The maximum Gasteiger partial charge on any atom is 0.251 e. The van der Waals surface area contributed by atoms with Crippen molar-refractivity contribution in [2.75, 3.05) is 12.0 Å². The minimum absolute atomic E-state index is 0.150. The van der Waals surface area contributed by atoms with Crippen molar-refractivity contribution in [2.45, 2.75) is 19.1 Å². The minimum atomic E-state index is -1.11. The molecular formula is C26H23N5O5. The summed E-state index contributed by atoms with van der Waals surface area (Å²) in [4.78, 5) is 28.8. The van der Waals surface area contributed by atoms with Crippen LogP contribution in [-0.4, -0.2) is 33.9 Å². The first-order chi connectivity index (χ1) is 17.6. The predicted molar refractivity (Wildman–Crippen MR) is 130 cm³/mol. The molecule has 3 heterocycles. The zero-order valence-electron chi connectivity index (χ0n) is 19.4. The van der Waals surface area contributed by atoms with E-state index in [9.17, 15) is 9.59 Å². The number of furan rings is 2. The molecule has 0 radical (unpaired) electrons. The highest BCUT2D eigenvalue weighted by atomic mass is 16.5. The van der Waals surface area contributed by atoms with Gasteiger partial charge in [0, 0.05) is 11.8 Å². The van der Waals surface area contributed by atoms with Crippen molar-refractivity contribution in [3.05, 3.63) is 96.8 Å².